The van der Waals surface area contributed by atoms with Crippen LogP contribution in [0, 0.1) is 5.92 Å². The Hall–Kier alpha value is -0.860. The van der Waals surface area contributed by atoms with Crippen LogP contribution in [0.4, 0.5) is 0 Å². The van der Waals surface area contributed by atoms with Crippen LogP contribution in [-0.4, -0.2) is 30.1 Å². The molecule has 0 radical (unpaired) electrons. The molecule has 1 spiro atoms. The number of piperazine rings is 1. The van der Waals surface area contributed by atoms with Gasteiger partial charge >= 0.3 is 0 Å². The maximum Gasteiger partial charge on any atom is 0.0473 e. The van der Waals surface area contributed by atoms with Crippen molar-refractivity contribution in [2.75, 3.05) is 19.6 Å². The zero-order valence-electron chi connectivity index (χ0n) is 13.6. The minimum Gasteiger partial charge on any atom is -0.308 e. The molecule has 2 aliphatic rings. The normalized spacial score (nSPS) is 26.3. The second-order valence-electron chi connectivity index (χ2n) is 7.47. The molecule has 2 nitrogen and oxygen atoms in total. The molecular formula is C19H30N2. The van der Waals surface area contributed by atoms with Gasteiger partial charge in [-0.1, -0.05) is 63.4 Å². The molecule has 1 saturated heterocycles. The predicted molar refractivity (Wildman–Crippen MR) is 89.4 cm³/mol. The molecule has 116 valence electrons. The molecule has 1 saturated carbocycles. The Balaban J connectivity index is 1.78. The largest absolute Gasteiger partial charge is 0.308 e. The Morgan fingerprint density at radius 2 is 1.86 bits per heavy atom. The SMILES string of the molecule is CC(C)CN1CC2(CCCCC2)NCC1c1ccccc1. The summed E-state index contributed by atoms with van der Waals surface area (Å²) in [6.07, 6.45) is 6.96. The molecule has 0 amide bonds. The van der Waals surface area contributed by atoms with Crippen LogP contribution in [0.15, 0.2) is 30.3 Å². The summed E-state index contributed by atoms with van der Waals surface area (Å²) < 4.78 is 0. The minimum absolute atomic E-state index is 0.401. The number of nitrogens with one attached hydrogen (secondary N) is 1. The number of nitrogens with zero attached hydrogens (tertiary/aromatic N) is 1. The van der Waals surface area contributed by atoms with Crippen LogP contribution in [0.25, 0.3) is 0 Å². The van der Waals surface area contributed by atoms with Crippen molar-refractivity contribution in [2.24, 2.45) is 5.92 Å². The van der Waals surface area contributed by atoms with Crippen molar-refractivity contribution in [1.82, 2.24) is 10.2 Å². The van der Waals surface area contributed by atoms with Gasteiger partial charge in [0, 0.05) is 31.2 Å². The minimum atomic E-state index is 0.401. The molecule has 1 aromatic carbocycles. The highest BCUT2D eigenvalue weighted by Gasteiger charge is 2.40. The maximum absolute atomic E-state index is 3.94. The van der Waals surface area contributed by atoms with Gasteiger partial charge in [-0.25, -0.2) is 0 Å². The smallest absolute Gasteiger partial charge is 0.0473 e. The second-order valence-corrected chi connectivity index (χ2v) is 7.47. The first kappa shape index (κ1) is 15.1. The molecule has 1 atom stereocenters. The molecule has 1 unspecified atom stereocenters. The van der Waals surface area contributed by atoms with Crippen molar-refractivity contribution < 1.29 is 0 Å². The lowest BCUT2D eigenvalue weighted by atomic mass is 9.78. The zero-order valence-corrected chi connectivity index (χ0v) is 13.6. The van der Waals surface area contributed by atoms with Gasteiger partial charge in [0.25, 0.3) is 0 Å². The van der Waals surface area contributed by atoms with Gasteiger partial charge in [-0.3, -0.25) is 4.90 Å². The Labute approximate surface area is 129 Å². The van der Waals surface area contributed by atoms with E-state index in [9.17, 15) is 0 Å². The third kappa shape index (κ3) is 3.49. The van der Waals surface area contributed by atoms with Crippen molar-refractivity contribution in [3.05, 3.63) is 35.9 Å². The van der Waals surface area contributed by atoms with Crippen molar-refractivity contribution in [3.63, 3.8) is 0 Å². The van der Waals surface area contributed by atoms with Crippen LogP contribution in [0.2, 0.25) is 0 Å². The lowest BCUT2D eigenvalue weighted by molar-refractivity contribution is 0.0470. The van der Waals surface area contributed by atoms with Crippen LogP contribution < -0.4 is 5.32 Å². The summed E-state index contributed by atoms with van der Waals surface area (Å²) in [7, 11) is 0. The van der Waals surface area contributed by atoms with E-state index in [1.165, 1.54) is 50.8 Å². The lowest BCUT2D eigenvalue weighted by Gasteiger charge is -2.50. The van der Waals surface area contributed by atoms with Gasteiger partial charge in [0.1, 0.15) is 0 Å². The molecule has 2 heteroatoms. The lowest BCUT2D eigenvalue weighted by Crippen LogP contribution is -2.62. The fourth-order valence-corrected chi connectivity index (χ4v) is 4.23. The molecule has 1 N–H and O–H groups in total. The summed E-state index contributed by atoms with van der Waals surface area (Å²) in [6.45, 7) is 8.24. The van der Waals surface area contributed by atoms with Crippen molar-refractivity contribution in [2.45, 2.75) is 57.5 Å². The van der Waals surface area contributed by atoms with Gasteiger partial charge in [0.15, 0.2) is 0 Å². The molecule has 0 bridgehead atoms. The highest BCUT2D eigenvalue weighted by Crippen LogP contribution is 2.35. The quantitative estimate of drug-likeness (QED) is 0.904. The fraction of sp³-hybridized carbons (Fsp3) is 0.684. The van der Waals surface area contributed by atoms with Gasteiger partial charge in [-0.15, -0.1) is 0 Å². The summed E-state index contributed by atoms with van der Waals surface area (Å²) in [5, 5.41) is 3.94. The molecule has 3 rings (SSSR count). The molecule has 21 heavy (non-hydrogen) atoms. The molecular weight excluding hydrogens is 256 g/mol. The number of hydrogen-bond acceptors (Lipinski definition) is 2. The van der Waals surface area contributed by atoms with E-state index in [0.29, 0.717) is 11.6 Å². The standard InChI is InChI=1S/C19H30N2/c1-16(2)14-21-15-19(11-7-4-8-12-19)20-13-18(21)17-9-5-3-6-10-17/h3,5-6,9-10,16,18,20H,4,7-8,11-15H2,1-2H3. The molecule has 1 aliphatic carbocycles. The van der Waals surface area contributed by atoms with Crippen molar-refractivity contribution in [3.8, 4) is 0 Å². The summed E-state index contributed by atoms with van der Waals surface area (Å²) in [5.74, 6) is 0.731. The first-order valence-electron chi connectivity index (χ1n) is 8.73. The second kappa shape index (κ2) is 6.50. The molecule has 1 aromatic rings. The van der Waals surface area contributed by atoms with E-state index >= 15 is 0 Å². The Bertz CT molecular complexity index is 434. The van der Waals surface area contributed by atoms with Gasteiger partial charge in [-0.2, -0.15) is 0 Å². The summed E-state index contributed by atoms with van der Waals surface area (Å²) in [4.78, 5) is 2.75. The van der Waals surface area contributed by atoms with E-state index in [1.54, 1.807) is 0 Å². The molecule has 2 fully saturated rings. The van der Waals surface area contributed by atoms with E-state index < -0.39 is 0 Å². The van der Waals surface area contributed by atoms with Crippen LogP contribution >= 0.6 is 0 Å². The molecule has 0 aromatic heterocycles. The van der Waals surface area contributed by atoms with E-state index in [2.05, 4.69) is 54.4 Å². The monoisotopic (exact) mass is 286 g/mol. The topological polar surface area (TPSA) is 15.3 Å². The summed E-state index contributed by atoms with van der Waals surface area (Å²) in [5.41, 5.74) is 1.87. The van der Waals surface area contributed by atoms with Crippen LogP contribution in [0.3, 0.4) is 0 Å². The zero-order chi connectivity index (χ0) is 14.7. The highest BCUT2D eigenvalue weighted by molar-refractivity contribution is 5.21. The number of benzene rings is 1. The third-order valence-corrected chi connectivity index (χ3v) is 5.21. The van der Waals surface area contributed by atoms with Crippen LogP contribution in [-0.2, 0) is 0 Å². The summed E-state index contributed by atoms with van der Waals surface area (Å²) >= 11 is 0. The van der Waals surface area contributed by atoms with Gasteiger partial charge < -0.3 is 5.32 Å². The van der Waals surface area contributed by atoms with Crippen LogP contribution in [0.5, 0.6) is 0 Å². The number of hydrogen-bond donors (Lipinski definition) is 1. The van der Waals surface area contributed by atoms with Gasteiger partial charge in [0.05, 0.1) is 0 Å². The van der Waals surface area contributed by atoms with E-state index in [1.807, 2.05) is 0 Å². The van der Waals surface area contributed by atoms with E-state index in [0.717, 1.165) is 12.5 Å². The maximum atomic E-state index is 3.94. The Morgan fingerprint density at radius 3 is 2.52 bits per heavy atom. The van der Waals surface area contributed by atoms with Crippen molar-refractivity contribution in [1.29, 1.82) is 0 Å². The van der Waals surface area contributed by atoms with Crippen molar-refractivity contribution >= 4 is 0 Å². The predicted octanol–water partition coefficient (Wildman–Crippen LogP) is 3.99. The Kier molecular flexibility index (Phi) is 4.66. The molecule has 1 heterocycles. The average Bonchev–Trinajstić information content (AvgIpc) is 2.48. The van der Waals surface area contributed by atoms with Gasteiger partial charge in [-0.05, 0) is 24.3 Å². The summed E-state index contributed by atoms with van der Waals surface area (Å²) in [6, 6.07) is 11.6. The third-order valence-electron chi connectivity index (χ3n) is 5.21. The average molecular weight is 286 g/mol. The van der Waals surface area contributed by atoms with E-state index in [-0.39, 0.29) is 0 Å². The van der Waals surface area contributed by atoms with E-state index in [4.69, 9.17) is 0 Å². The number of rotatable bonds is 3. The first-order valence-corrected chi connectivity index (χ1v) is 8.73. The van der Waals surface area contributed by atoms with Gasteiger partial charge in [0.2, 0.25) is 0 Å². The highest BCUT2D eigenvalue weighted by atomic mass is 15.3. The Morgan fingerprint density at radius 1 is 1.14 bits per heavy atom. The first-order chi connectivity index (χ1) is 10.2. The fourth-order valence-electron chi connectivity index (χ4n) is 4.23. The van der Waals surface area contributed by atoms with Crippen LogP contribution in [0.1, 0.15) is 57.6 Å². The molecule has 1 aliphatic heterocycles.